The Kier molecular flexibility index (Phi) is 17.5. The van der Waals surface area contributed by atoms with Crippen molar-refractivity contribution in [3.05, 3.63) is 90.0 Å². The highest BCUT2D eigenvalue weighted by Crippen LogP contribution is 2.21. The summed E-state index contributed by atoms with van der Waals surface area (Å²) in [4.78, 5) is 25.9. The van der Waals surface area contributed by atoms with Crippen molar-refractivity contribution < 1.29 is 50.4 Å². The fourth-order valence-electron chi connectivity index (χ4n) is 6.06. The van der Waals surface area contributed by atoms with E-state index >= 15 is 0 Å². The number of piperazine rings is 2. The highest BCUT2D eigenvalue weighted by Gasteiger charge is 2.32. The van der Waals surface area contributed by atoms with Crippen molar-refractivity contribution in [3.8, 4) is 29.4 Å². The molecule has 318 valence electrons. The number of benzene rings is 3. The molecule has 0 aromatic heterocycles. The molecule has 15 nitrogen and oxygen atoms in total. The molecule has 0 bridgehead atoms. The van der Waals surface area contributed by atoms with Gasteiger partial charge in [-0.3, -0.25) is 20.0 Å². The summed E-state index contributed by atoms with van der Waals surface area (Å²) >= 11 is 0. The van der Waals surface area contributed by atoms with Crippen LogP contribution in [0.25, 0.3) is 0 Å². The summed E-state index contributed by atoms with van der Waals surface area (Å²) in [5, 5.41) is 20.1. The molecule has 2 amide bonds. The minimum atomic E-state index is -3.81. The van der Waals surface area contributed by atoms with E-state index in [0.29, 0.717) is 49.0 Å². The Morgan fingerprint density at radius 3 is 1.56 bits per heavy atom. The lowest BCUT2D eigenvalue weighted by atomic mass is 10.2. The van der Waals surface area contributed by atoms with Crippen molar-refractivity contribution in [2.24, 2.45) is 0 Å². The third kappa shape index (κ3) is 13.9. The Morgan fingerprint density at radius 2 is 1.15 bits per heavy atom. The lowest BCUT2D eigenvalue weighted by molar-refractivity contribution is -0.153. The SMILES string of the molecule is CCCC#CC(CS(=O)(=O)N1CCN(c2ccc(F)cc2)CC1)N(O)C=O.COc1cccc(C#CC(CS(=O)(=O)N2CCN(c3ccc(F)cc3)CC2)N(O)C=O)c1. The maximum atomic E-state index is 13.1. The van der Waals surface area contributed by atoms with Crippen molar-refractivity contribution >= 4 is 44.2 Å². The van der Waals surface area contributed by atoms with Gasteiger partial charge in [-0.05, 0) is 73.2 Å². The smallest absolute Gasteiger partial charge is 0.234 e. The molecule has 2 aliphatic heterocycles. The topological polar surface area (TPSA) is 172 Å². The fourth-order valence-corrected chi connectivity index (χ4v) is 9.19. The third-order valence-corrected chi connectivity index (χ3v) is 13.1. The summed E-state index contributed by atoms with van der Waals surface area (Å²) in [5.41, 5.74) is 2.20. The average Bonchev–Trinajstić information content (AvgIpc) is 3.25. The number of nitrogens with zero attached hydrogens (tertiary/aromatic N) is 6. The van der Waals surface area contributed by atoms with E-state index in [9.17, 15) is 45.6 Å². The summed E-state index contributed by atoms with van der Waals surface area (Å²) in [6.45, 7) is 4.70. The van der Waals surface area contributed by atoms with E-state index in [0.717, 1.165) is 17.8 Å². The number of amides is 2. The van der Waals surface area contributed by atoms with Gasteiger partial charge in [-0.2, -0.15) is 8.61 Å². The van der Waals surface area contributed by atoms with Crippen LogP contribution < -0.4 is 14.5 Å². The summed E-state index contributed by atoms with van der Waals surface area (Å²) in [6, 6.07) is 16.6. The summed E-state index contributed by atoms with van der Waals surface area (Å²) in [6.07, 6.45) is 1.64. The lowest BCUT2D eigenvalue weighted by Crippen LogP contribution is -2.51. The van der Waals surface area contributed by atoms with Gasteiger partial charge in [0.25, 0.3) is 0 Å². The molecule has 0 aliphatic carbocycles. The zero-order valence-corrected chi connectivity index (χ0v) is 34.4. The maximum Gasteiger partial charge on any atom is 0.234 e. The standard InChI is InChI=1S/C22H24FN3O5S.C18H24FN3O4S/c1-31-22-4-2-3-18(15-22)5-8-21(26(28)17-27)16-32(29,30)25-13-11-24(12-14-25)20-9-6-19(23)7-10-20;1-2-3-4-5-18(22(24)15-23)14-27(25,26)21-12-10-20(11-13-21)17-8-6-16(19)7-9-17/h2-4,6-7,9-10,15,17,21,28H,11-14,16H2,1H3;6-9,15,18,24H,2-3,10-14H2,1H3. The van der Waals surface area contributed by atoms with Gasteiger partial charge in [0.15, 0.2) is 0 Å². The molecule has 2 aliphatic rings. The Balaban J connectivity index is 0.000000265. The van der Waals surface area contributed by atoms with Crippen molar-refractivity contribution in [2.75, 3.05) is 80.8 Å². The van der Waals surface area contributed by atoms with Gasteiger partial charge >= 0.3 is 0 Å². The lowest BCUT2D eigenvalue weighted by Gasteiger charge is -2.36. The first-order valence-corrected chi connectivity index (χ1v) is 21.9. The Morgan fingerprint density at radius 1 is 0.712 bits per heavy atom. The van der Waals surface area contributed by atoms with Crippen LogP contribution in [0.2, 0.25) is 0 Å². The van der Waals surface area contributed by atoms with E-state index in [1.54, 1.807) is 48.5 Å². The quantitative estimate of drug-likeness (QED) is 0.106. The van der Waals surface area contributed by atoms with Crippen molar-refractivity contribution in [2.45, 2.75) is 31.8 Å². The Labute approximate surface area is 344 Å². The zero-order chi connectivity index (χ0) is 43.0. The number of methoxy groups -OCH3 is 1. The van der Waals surface area contributed by atoms with Crippen LogP contribution >= 0.6 is 0 Å². The van der Waals surface area contributed by atoms with Crippen LogP contribution in [0.5, 0.6) is 5.75 Å². The molecule has 0 saturated carbocycles. The Bertz CT molecular complexity index is 2180. The van der Waals surface area contributed by atoms with Crippen LogP contribution in [0.3, 0.4) is 0 Å². The Hall–Kier alpha value is -5.28. The number of anilines is 2. The molecule has 0 radical (unpaired) electrons. The van der Waals surface area contributed by atoms with Gasteiger partial charge in [0, 0.05) is 75.7 Å². The van der Waals surface area contributed by atoms with Gasteiger partial charge in [0.2, 0.25) is 32.9 Å². The predicted octanol–water partition coefficient (Wildman–Crippen LogP) is 2.85. The van der Waals surface area contributed by atoms with E-state index < -0.39 is 43.6 Å². The number of hydroxylamine groups is 4. The van der Waals surface area contributed by atoms with Gasteiger partial charge in [0.1, 0.15) is 29.5 Å². The second-order valence-electron chi connectivity index (χ2n) is 13.4. The van der Waals surface area contributed by atoms with Crippen LogP contribution in [0.4, 0.5) is 20.2 Å². The van der Waals surface area contributed by atoms with Crippen molar-refractivity contribution in [1.29, 1.82) is 0 Å². The molecule has 3 aromatic carbocycles. The molecule has 2 heterocycles. The first-order valence-electron chi connectivity index (χ1n) is 18.6. The molecule has 2 atom stereocenters. The minimum absolute atomic E-state index is 0.132. The van der Waals surface area contributed by atoms with Crippen LogP contribution in [0, 0.1) is 35.3 Å². The van der Waals surface area contributed by atoms with Crippen LogP contribution in [0.15, 0.2) is 72.8 Å². The zero-order valence-electron chi connectivity index (χ0n) is 32.7. The number of rotatable bonds is 14. The molecule has 59 heavy (non-hydrogen) atoms. The van der Waals surface area contributed by atoms with Crippen molar-refractivity contribution in [3.63, 3.8) is 0 Å². The van der Waals surface area contributed by atoms with Crippen LogP contribution in [-0.4, -0.2) is 142 Å². The van der Waals surface area contributed by atoms with Crippen LogP contribution in [-0.2, 0) is 29.6 Å². The number of halogens is 2. The highest BCUT2D eigenvalue weighted by atomic mass is 32.2. The number of unbranched alkanes of at least 4 members (excludes halogenated alkanes) is 1. The molecule has 2 fully saturated rings. The van der Waals surface area contributed by atoms with Gasteiger partial charge in [-0.25, -0.2) is 35.7 Å². The molecule has 2 unspecified atom stereocenters. The second-order valence-corrected chi connectivity index (χ2v) is 17.4. The van der Waals surface area contributed by atoms with E-state index in [2.05, 4.69) is 23.7 Å². The normalized spacial score (nSPS) is 15.8. The van der Waals surface area contributed by atoms with Gasteiger partial charge in [-0.15, -0.1) is 5.92 Å². The fraction of sp³-hybridized carbons (Fsp3) is 0.400. The first kappa shape index (κ1) is 46.4. The molecule has 0 spiro atoms. The number of sulfonamides is 2. The van der Waals surface area contributed by atoms with E-state index in [1.807, 2.05) is 16.7 Å². The third-order valence-electron chi connectivity index (χ3n) is 9.34. The molecule has 19 heteroatoms. The number of carbonyl (C=O) groups is 2. The van der Waals surface area contributed by atoms with E-state index in [-0.39, 0.29) is 55.7 Å². The van der Waals surface area contributed by atoms with Crippen LogP contribution in [0.1, 0.15) is 25.3 Å². The summed E-state index contributed by atoms with van der Waals surface area (Å²) in [5.74, 6) is 9.78. The molecule has 2 saturated heterocycles. The average molecular weight is 859 g/mol. The summed E-state index contributed by atoms with van der Waals surface area (Å²) < 4.78 is 85.1. The monoisotopic (exact) mass is 858 g/mol. The molecule has 5 rings (SSSR count). The number of hydrogen-bond acceptors (Lipinski definition) is 11. The molecule has 3 aromatic rings. The maximum absolute atomic E-state index is 13.1. The predicted molar refractivity (Wildman–Crippen MR) is 217 cm³/mol. The van der Waals surface area contributed by atoms with E-state index in [4.69, 9.17) is 4.74 Å². The van der Waals surface area contributed by atoms with Gasteiger partial charge < -0.3 is 14.5 Å². The largest absolute Gasteiger partial charge is 0.497 e. The van der Waals surface area contributed by atoms with E-state index in [1.165, 1.54) is 40.0 Å². The summed E-state index contributed by atoms with van der Waals surface area (Å²) in [7, 11) is -6.00. The van der Waals surface area contributed by atoms with Gasteiger partial charge in [-0.1, -0.05) is 30.8 Å². The first-order chi connectivity index (χ1) is 28.2. The number of hydrogen-bond donors (Lipinski definition) is 2. The minimum Gasteiger partial charge on any atom is -0.497 e. The highest BCUT2D eigenvalue weighted by molar-refractivity contribution is 7.89. The molecule has 2 N–H and O–H groups in total. The molecular weight excluding hydrogens is 811 g/mol. The number of carbonyl (C=O) groups excluding carboxylic acids is 2. The van der Waals surface area contributed by atoms with Gasteiger partial charge in [0.05, 0.1) is 18.6 Å². The second kappa shape index (κ2) is 22.2. The van der Waals surface area contributed by atoms with Crippen molar-refractivity contribution in [1.82, 2.24) is 18.7 Å². The number of ether oxygens (including phenoxy) is 1. The molecular formula is C40H48F2N6O9S2.